The lowest BCUT2D eigenvalue weighted by atomic mass is 9.74. The highest BCUT2D eigenvalue weighted by Gasteiger charge is 2.44. The Morgan fingerprint density at radius 3 is 1.91 bits per heavy atom. The highest BCUT2D eigenvalue weighted by atomic mass is 16.5. The van der Waals surface area contributed by atoms with Gasteiger partial charge in [-0.2, -0.15) is 0 Å². The number of anilines is 1. The highest BCUT2D eigenvalue weighted by Crippen LogP contribution is 2.36. The minimum atomic E-state index is -1.14. The summed E-state index contributed by atoms with van der Waals surface area (Å²) in [6.07, 6.45) is 13.1. The SMILES string of the molecule is CCCCC(C)(NC(=O)C1CCN(C(=O)CCC(=O)N[C@H](C(=O)N[C@@H](CCCNC(N)=O)C(=O)Nc2ccc(C[C@@H](CN=[N+]=[N-])NC(=O)[C@H](C)[C@@H](OC)[C@@H]3CCCN3C(=O)C[C@@H](OC)C([C@@H](C)CC)N(C)C(=O)[C@@H](NC(=O)[C@H](C(C)C)N(C)C)C(C)C)cc2)C(C)C)CC1)C1CCCCCCC1. The molecule has 0 bridgehead atoms. The predicted molar refractivity (Wildman–Crippen MR) is 396 cm³/mol. The summed E-state index contributed by atoms with van der Waals surface area (Å²) in [4.78, 5) is 147. The second-order valence-corrected chi connectivity index (χ2v) is 30.5. The smallest absolute Gasteiger partial charge is 0.312 e. The van der Waals surface area contributed by atoms with Crippen LogP contribution in [-0.4, -0.2) is 207 Å². The summed E-state index contributed by atoms with van der Waals surface area (Å²) < 4.78 is 12.2. The van der Waals surface area contributed by atoms with Gasteiger partial charge in [-0.1, -0.05) is 138 Å². The second-order valence-electron chi connectivity index (χ2n) is 30.5. The number of rotatable bonds is 41. The third kappa shape index (κ3) is 26.9. The van der Waals surface area contributed by atoms with Gasteiger partial charge in [0, 0.05) is 94.9 Å². The van der Waals surface area contributed by atoms with Gasteiger partial charge in [-0.3, -0.25) is 48.1 Å². The highest BCUT2D eigenvalue weighted by molar-refractivity contribution is 5.99. The standard InChI is InChI=1S/C75H129N15O12/c1-17-19-39-75(11,54-27-23-21-20-22-24-28-54)85-69(95)53-37-42-89(43-38-53)61(92)36-35-60(91)83-63(47(3)4)71(97)82-57(29-25-40-78-74(76)100)70(96)80-55-33-31-52(32-34-55)44-56(46-79-86-77)81-68(94)51(10)67(102-16)58-30-26-41-90(58)62(93)45-59(101-15)66(50(9)18-2)88(14)73(99)64(48(5)6)84-72(98)65(49(7)8)87(12)13/h31-34,47-51,53-54,56-59,63-67H,17-30,35-46H2,1-16H3,(H,80,96)(H,81,94)(H,82,97)(H,83,91)(H,84,98)(H,85,95)(H3,76,78,100)/t50-,51+,56-,57-,58-,59+,63-,64-,65-,66?,67+,75?/m0/s1. The molecule has 3 fully saturated rings. The zero-order valence-electron chi connectivity index (χ0n) is 64.5. The Bertz CT molecular complexity index is 2890. The van der Waals surface area contributed by atoms with E-state index >= 15 is 0 Å². The predicted octanol–water partition coefficient (Wildman–Crippen LogP) is 8.13. The van der Waals surface area contributed by atoms with Crippen LogP contribution in [0.25, 0.3) is 10.4 Å². The molecule has 0 radical (unpaired) electrons. The molecule has 2 unspecified atom stereocenters. The first kappa shape index (κ1) is 87.3. The first-order valence-electron chi connectivity index (χ1n) is 37.9. The average molecular weight is 1430 g/mol. The fraction of sp³-hybridized carbons (Fsp3) is 0.787. The number of piperidine rings is 1. The van der Waals surface area contributed by atoms with E-state index in [-0.39, 0.29) is 110 Å². The first-order chi connectivity index (χ1) is 48.4. The quantitative estimate of drug-likeness (QED) is 0.0133. The van der Waals surface area contributed by atoms with Crippen molar-refractivity contribution in [1.29, 1.82) is 0 Å². The monoisotopic (exact) mass is 1430 g/mol. The molecule has 1 aromatic carbocycles. The largest absolute Gasteiger partial charge is 0.379 e. The molecule has 0 aromatic heterocycles. The van der Waals surface area contributed by atoms with Crippen molar-refractivity contribution in [3.63, 3.8) is 0 Å². The van der Waals surface area contributed by atoms with E-state index in [1.807, 2.05) is 60.5 Å². The summed E-state index contributed by atoms with van der Waals surface area (Å²) >= 11 is 0. The number of hydrogen-bond donors (Lipinski definition) is 8. The van der Waals surface area contributed by atoms with Crippen LogP contribution in [0.1, 0.15) is 210 Å². The van der Waals surface area contributed by atoms with Gasteiger partial charge in [0.05, 0.1) is 42.7 Å². The molecule has 1 aliphatic carbocycles. The Labute approximate surface area is 608 Å². The van der Waals surface area contributed by atoms with Crippen molar-refractivity contribution in [3.05, 3.63) is 40.3 Å². The fourth-order valence-corrected chi connectivity index (χ4v) is 15.3. The minimum Gasteiger partial charge on any atom is -0.379 e. The van der Waals surface area contributed by atoms with Gasteiger partial charge in [-0.15, -0.1) is 0 Å². The van der Waals surface area contributed by atoms with E-state index in [9.17, 15) is 53.5 Å². The topological polar surface area (TPSA) is 361 Å². The van der Waals surface area contributed by atoms with E-state index in [1.165, 1.54) is 46.3 Å². The fourth-order valence-electron chi connectivity index (χ4n) is 15.3. The molecular weight excluding hydrogens is 1300 g/mol. The van der Waals surface area contributed by atoms with E-state index in [0.717, 1.165) is 32.1 Å². The van der Waals surface area contributed by atoms with Crippen LogP contribution in [0.2, 0.25) is 0 Å². The molecule has 27 heteroatoms. The molecule has 576 valence electrons. The van der Waals surface area contributed by atoms with Gasteiger partial charge < -0.3 is 67.1 Å². The number of hydrogen-bond acceptors (Lipinski definition) is 14. The zero-order valence-corrected chi connectivity index (χ0v) is 64.5. The number of likely N-dealkylation sites (N-methyl/N-ethyl adjacent to an activating group) is 2. The molecule has 1 saturated carbocycles. The van der Waals surface area contributed by atoms with Gasteiger partial charge >= 0.3 is 6.03 Å². The number of ether oxygens (including phenoxy) is 2. The van der Waals surface area contributed by atoms with Crippen molar-refractivity contribution in [2.75, 3.05) is 73.4 Å². The number of methoxy groups -OCH3 is 2. The Morgan fingerprint density at radius 1 is 0.716 bits per heavy atom. The van der Waals surface area contributed by atoms with Crippen LogP contribution in [0.4, 0.5) is 10.5 Å². The summed E-state index contributed by atoms with van der Waals surface area (Å²) in [7, 11) is 8.40. The van der Waals surface area contributed by atoms with Gasteiger partial charge in [0.15, 0.2) is 0 Å². The average Bonchev–Trinajstić information content (AvgIpc) is 1.39. The minimum absolute atomic E-state index is 0.00629. The molecule has 2 saturated heterocycles. The number of primary amides is 1. The van der Waals surface area contributed by atoms with Crippen molar-refractivity contribution in [2.45, 2.75) is 271 Å². The third-order valence-electron chi connectivity index (χ3n) is 21.5. The Kier molecular flexibility index (Phi) is 37.6. The molecule has 3 aliphatic rings. The van der Waals surface area contributed by atoms with Crippen LogP contribution in [0.5, 0.6) is 0 Å². The number of carbonyl (C=O) groups excluding carboxylic acids is 10. The number of amides is 11. The maximum absolute atomic E-state index is 14.6. The van der Waals surface area contributed by atoms with Crippen molar-refractivity contribution in [2.24, 2.45) is 52.3 Å². The Morgan fingerprint density at radius 2 is 1.35 bits per heavy atom. The van der Waals surface area contributed by atoms with Gasteiger partial charge in [0.25, 0.3) is 0 Å². The summed E-state index contributed by atoms with van der Waals surface area (Å²) in [6.45, 7) is 22.6. The summed E-state index contributed by atoms with van der Waals surface area (Å²) in [5.41, 5.74) is 15.5. The molecule has 4 rings (SSSR count). The number of urea groups is 1. The summed E-state index contributed by atoms with van der Waals surface area (Å²) in [5.74, 6) is -4.34. The van der Waals surface area contributed by atoms with Gasteiger partial charge in [-0.25, -0.2) is 4.79 Å². The normalized spacial score (nSPS) is 19.0. The molecule has 27 nitrogen and oxygen atoms in total. The van der Waals surface area contributed by atoms with E-state index in [2.05, 4.69) is 61.1 Å². The van der Waals surface area contributed by atoms with Crippen molar-refractivity contribution in [1.82, 2.24) is 51.5 Å². The summed E-state index contributed by atoms with van der Waals surface area (Å²) in [6, 6.07) is 0.812. The van der Waals surface area contributed by atoms with Gasteiger partial charge in [0.1, 0.15) is 18.1 Å². The number of nitrogens with two attached hydrogens (primary N) is 1. The lowest BCUT2D eigenvalue weighted by molar-refractivity contribution is -0.148. The van der Waals surface area contributed by atoms with Crippen molar-refractivity contribution >= 4 is 64.9 Å². The summed E-state index contributed by atoms with van der Waals surface area (Å²) in [5, 5.41) is 24.3. The van der Waals surface area contributed by atoms with Crippen molar-refractivity contribution < 1.29 is 57.4 Å². The number of unbranched alkanes of at least 4 members (excludes halogenated alkanes) is 1. The third-order valence-corrected chi connectivity index (χ3v) is 21.5. The maximum Gasteiger partial charge on any atom is 0.312 e. The van der Waals surface area contributed by atoms with Crippen molar-refractivity contribution in [3.8, 4) is 0 Å². The Hall–Kier alpha value is -7.09. The Balaban J connectivity index is 1.38. The molecule has 1 aromatic rings. The van der Waals surface area contributed by atoms with Crippen LogP contribution in [0.3, 0.4) is 0 Å². The number of nitrogens with one attached hydrogen (secondary N) is 7. The van der Waals surface area contributed by atoms with E-state index in [0.29, 0.717) is 68.9 Å². The van der Waals surface area contributed by atoms with Gasteiger partial charge in [-0.05, 0) is 138 Å². The molecule has 2 aliphatic heterocycles. The molecule has 11 amide bonds. The van der Waals surface area contributed by atoms with Crippen LogP contribution in [0.15, 0.2) is 29.4 Å². The van der Waals surface area contributed by atoms with E-state index in [1.54, 1.807) is 66.8 Å². The number of nitrogens with zero attached hydrogens (tertiary/aromatic N) is 7. The lowest BCUT2D eigenvalue weighted by Gasteiger charge is -2.41. The van der Waals surface area contributed by atoms with E-state index in [4.69, 9.17) is 15.2 Å². The molecule has 9 N–H and O–H groups in total. The number of carbonyl (C=O) groups is 10. The maximum atomic E-state index is 14.6. The van der Waals surface area contributed by atoms with Gasteiger partial charge in [0.2, 0.25) is 53.2 Å². The van der Waals surface area contributed by atoms with Crippen LogP contribution in [0, 0.1) is 41.4 Å². The van der Waals surface area contributed by atoms with E-state index < -0.39 is 96.0 Å². The lowest BCUT2D eigenvalue weighted by Crippen LogP contribution is -2.59. The van der Waals surface area contributed by atoms with Crippen LogP contribution in [-0.2, 0) is 59.0 Å². The molecular formula is C75H129N15O12. The second kappa shape index (κ2) is 43.9. The van der Waals surface area contributed by atoms with Crippen LogP contribution >= 0.6 is 0 Å². The van der Waals surface area contributed by atoms with Crippen LogP contribution < -0.4 is 43.0 Å². The number of azide groups is 1. The number of benzene rings is 1. The zero-order chi connectivity index (χ0) is 76.0. The molecule has 102 heavy (non-hydrogen) atoms. The number of likely N-dealkylation sites (tertiary alicyclic amines) is 2. The molecule has 0 spiro atoms. The molecule has 12 atom stereocenters. The first-order valence-corrected chi connectivity index (χ1v) is 37.9. The molecule has 2 heterocycles.